The number of rotatable bonds is 4. The van der Waals surface area contributed by atoms with Gasteiger partial charge in [0.2, 0.25) is 11.6 Å². The first-order valence-electron chi connectivity index (χ1n) is 5.96. The largest absolute Gasteiger partial charge is 0.467 e. The summed E-state index contributed by atoms with van der Waals surface area (Å²) in [5, 5.41) is 2.47. The average Bonchev–Trinajstić information content (AvgIpc) is 3.05. The Labute approximate surface area is 110 Å². The number of hydrogen-bond acceptors (Lipinski definition) is 3. The Morgan fingerprint density at radius 1 is 1.63 bits per heavy atom. The number of likely N-dealkylation sites (tertiary alicyclic amines) is 1. The first-order valence-corrected chi connectivity index (χ1v) is 5.96. The van der Waals surface area contributed by atoms with Crippen molar-refractivity contribution in [1.29, 1.82) is 0 Å². The van der Waals surface area contributed by atoms with E-state index in [2.05, 4.69) is 11.9 Å². The molecule has 102 valence electrons. The Morgan fingerprint density at radius 3 is 3.05 bits per heavy atom. The maximum Gasteiger partial charge on any atom is 0.260 e. The number of nitrogens with one attached hydrogen (secondary N) is 1. The first kappa shape index (κ1) is 13.3. The van der Waals surface area contributed by atoms with Crippen molar-refractivity contribution in [2.45, 2.75) is 18.6 Å². The lowest BCUT2D eigenvalue weighted by Gasteiger charge is -2.19. The lowest BCUT2D eigenvalue weighted by atomic mass is 10.0. The molecule has 0 bridgehead atoms. The predicted molar refractivity (Wildman–Crippen MR) is 65.8 cm³/mol. The predicted octanol–water partition coefficient (Wildman–Crippen LogP) is 1.02. The van der Waals surface area contributed by atoms with E-state index in [-0.39, 0.29) is 32.0 Å². The van der Waals surface area contributed by atoms with E-state index >= 15 is 0 Å². The summed E-state index contributed by atoms with van der Waals surface area (Å²) in [5.74, 6) is -0.532. The number of carbonyl (C=O) groups excluding carboxylic acids is 2. The third kappa shape index (κ3) is 2.83. The van der Waals surface area contributed by atoms with Crippen LogP contribution < -0.4 is 5.32 Å². The van der Waals surface area contributed by atoms with E-state index in [9.17, 15) is 14.0 Å². The SMILES string of the molecule is C=CC(=O)N1CCC(F)(C(=O)NCc2ccco2)C1. The van der Waals surface area contributed by atoms with Crippen molar-refractivity contribution in [3.8, 4) is 0 Å². The number of nitrogens with zero attached hydrogens (tertiary/aromatic N) is 1. The van der Waals surface area contributed by atoms with Crippen molar-refractivity contribution in [2.75, 3.05) is 13.1 Å². The number of carbonyl (C=O) groups is 2. The molecule has 0 radical (unpaired) electrons. The van der Waals surface area contributed by atoms with Crippen molar-refractivity contribution in [3.05, 3.63) is 36.8 Å². The van der Waals surface area contributed by atoms with Gasteiger partial charge in [-0.25, -0.2) is 4.39 Å². The molecule has 2 rings (SSSR count). The van der Waals surface area contributed by atoms with Crippen LogP contribution in [0, 0.1) is 0 Å². The maximum absolute atomic E-state index is 14.4. The minimum atomic E-state index is -2.04. The van der Waals surface area contributed by atoms with Crippen molar-refractivity contribution >= 4 is 11.8 Å². The normalized spacial score (nSPS) is 22.3. The molecule has 2 amide bonds. The summed E-state index contributed by atoms with van der Waals surface area (Å²) in [7, 11) is 0. The van der Waals surface area contributed by atoms with Crippen LogP contribution in [0.2, 0.25) is 0 Å². The highest BCUT2D eigenvalue weighted by Crippen LogP contribution is 2.26. The Morgan fingerprint density at radius 2 is 2.42 bits per heavy atom. The molecule has 1 N–H and O–H groups in total. The summed E-state index contributed by atoms with van der Waals surface area (Å²) in [6, 6.07) is 3.38. The maximum atomic E-state index is 14.4. The van der Waals surface area contributed by atoms with Crippen LogP contribution in [0.25, 0.3) is 0 Å². The molecule has 2 heterocycles. The molecule has 1 aromatic rings. The number of halogens is 1. The molecule has 19 heavy (non-hydrogen) atoms. The Kier molecular flexibility index (Phi) is 3.69. The molecular formula is C13H15FN2O3. The molecule has 0 saturated carbocycles. The lowest BCUT2D eigenvalue weighted by molar-refractivity contribution is -0.133. The molecule has 5 nitrogen and oxygen atoms in total. The molecule has 1 fully saturated rings. The zero-order chi connectivity index (χ0) is 13.9. The van der Waals surface area contributed by atoms with Gasteiger partial charge in [0.25, 0.3) is 5.91 Å². The molecule has 0 spiro atoms. The molecule has 1 aromatic heterocycles. The topological polar surface area (TPSA) is 62.6 Å². The van der Waals surface area contributed by atoms with Crippen LogP contribution in [0.4, 0.5) is 4.39 Å². The van der Waals surface area contributed by atoms with Crippen molar-refractivity contribution in [2.24, 2.45) is 0 Å². The zero-order valence-electron chi connectivity index (χ0n) is 10.4. The summed E-state index contributed by atoms with van der Waals surface area (Å²) in [6.45, 7) is 3.46. The number of alkyl halides is 1. The van der Waals surface area contributed by atoms with E-state index in [0.717, 1.165) is 6.08 Å². The molecule has 1 unspecified atom stereocenters. The van der Waals surface area contributed by atoms with Gasteiger partial charge in [-0.1, -0.05) is 6.58 Å². The summed E-state index contributed by atoms with van der Waals surface area (Å²) >= 11 is 0. The lowest BCUT2D eigenvalue weighted by Crippen LogP contribution is -2.45. The van der Waals surface area contributed by atoms with Crippen LogP contribution in [-0.2, 0) is 16.1 Å². The highest BCUT2D eigenvalue weighted by Gasteiger charge is 2.46. The standard InChI is InChI=1S/C13H15FN2O3/c1-2-11(17)16-6-5-13(14,9-16)12(18)15-8-10-4-3-7-19-10/h2-4,7H,1,5-6,8-9H2,(H,15,18). The minimum absolute atomic E-state index is 0.00340. The van der Waals surface area contributed by atoms with Gasteiger partial charge >= 0.3 is 0 Å². The summed E-state index contributed by atoms with van der Waals surface area (Å²) in [5.41, 5.74) is -2.04. The molecule has 6 heteroatoms. The first-order chi connectivity index (χ1) is 9.05. The fourth-order valence-electron chi connectivity index (χ4n) is 2.01. The Hall–Kier alpha value is -2.11. The van der Waals surface area contributed by atoms with Gasteiger partial charge in [0.1, 0.15) is 5.76 Å². The fourth-order valence-corrected chi connectivity index (χ4v) is 2.01. The van der Waals surface area contributed by atoms with Crippen LogP contribution in [-0.4, -0.2) is 35.5 Å². The fraction of sp³-hybridized carbons (Fsp3) is 0.385. The molecule has 0 aliphatic carbocycles. The van der Waals surface area contributed by atoms with Gasteiger partial charge in [-0.3, -0.25) is 9.59 Å². The highest BCUT2D eigenvalue weighted by atomic mass is 19.1. The molecule has 1 saturated heterocycles. The summed E-state index contributed by atoms with van der Waals surface area (Å²) in [6.07, 6.45) is 2.59. The molecule has 1 atom stereocenters. The smallest absolute Gasteiger partial charge is 0.260 e. The Balaban J connectivity index is 1.91. The van der Waals surface area contributed by atoms with Gasteiger partial charge in [-0.15, -0.1) is 0 Å². The van der Waals surface area contributed by atoms with Gasteiger partial charge in [0.05, 0.1) is 19.4 Å². The Bertz CT molecular complexity index is 486. The molecule has 1 aliphatic rings. The average molecular weight is 266 g/mol. The summed E-state index contributed by atoms with van der Waals surface area (Å²) < 4.78 is 19.5. The van der Waals surface area contributed by atoms with E-state index in [1.807, 2.05) is 0 Å². The van der Waals surface area contributed by atoms with E-state index in [1.54, 1.807) is 12.1 Å². The summed E-state index contributed by atoms with van der Waals surface area (Å²) in [4.78, 5) is 24.5. The number of furan rings is 1. The second-order valence-corrected chi connectivity index (χ2v) is 4.44. The van der Waals surface area contributed by atoms with Gasteiger partial charge in [-0.2, -0.15) is 0 Å². The van der Waals surface area contributed by atoms with Crippen LogP contribution >= 0.6 is 0 Å². The molecule has 1 aliphatic heterocycles. The third-order valence-corrected chi connectivity index (χ3v) is 3.12. The number of amides is 2. The van der Waals surface area contributed by atoms with Crippen LogP contribution in [0.5, 0.6) is 0 Å². The van der Waals surface area contributed by atoms with Gasteiger partial charge in [-0.05, 0) is 18.2 Å². The van der Waals surface area contributed by atoms with Crippen molar-refractivity contribution < 1.29 is 18.4 Å². The van der Waals surface area contributed by atoms with E-state index in [4.69, 9.17) is 4.42 Å². The third-order valence-electron chi connectivity index (χ3n) is 3.12. The van der Waals surface area contributed by atoms with E-state index < -0.39 is 11.6 Å². The second-order valence-electron chi connectivity index (χ2n) is 4.44. The van der Waals surface area contributed by atoms with Crippen molar-refractivity contribution in [1.82, 2.24) is 10.2 Å². The highest BCUT2D eigenvalue weighted by molar-refractivity contribution is 5.90. The quantitative estimate of drug-likeness (QED) is 0.828. The molecule has 0 aromatic carbocycles. The van der Waals surface area contributed by atoms with Crippen LogP contribution in [0.15, 0.2) is 35.5 Å². The van der Waals surface area contributed by atoms with Gasteiger partial charge < -0.3 is 14.6 Å². The van der Waals surface area contributed by atoms with E-state index in [0.29, 0.717) is 5.76 Å². The minimum Gasteiger partial charge on any atom is -0.467 e. The molecular weight excluding hydrogens is 251 g/mol. The van der Waals surface area contributed by atoms with E-state index in [1.165, 1.54) is 11.2 Å². The van der Waals surface area contributed by atoms with Crippen LogP contribution in [0.3, 0.4) is 0 Å². The van der Waals surface area contributed by atoms with Gasteiger partial charge in [0, 0.05) is 13.0 Å². The zero-order valence-corrected chi connectivity index (χ0v) is 10.4. The van der Waals surface area contributed by atoms with Gasteiger partial charge in [0.15, 0.2) is 0 Å². The second kappa shape index (κ2) is 5.26. The number of hydrogen-bond donors (Lipinski definition) is 1. The van der Waals surface area contributed by atoms with Crippen molar-refractivity contribution in [3.63, 3.8) is 0 Å². The van der Waals surface area contributed by atoms with Crippen LogP contribution in [0.1, 0.15) is 12.2 Å². The monoisotopic (exact) mass is 266 g/mol.